The van der Waals surface area contributed by atoms with Gasteiger partial charge >= 0.3 is 0 Å². The van der Waals surface area contributed by atoms with Gasteiger partial charge in [0.2, 0.25) is 0 Å². The Morgan fingerprint density at radius 1 is 1.44 bits per heavy atom. The second-order valence-electron chi connectivity index (χ2n) is 4.08. The molecule has 0 fully saturated rings. The van der Waals surface area contributed by atoms with Crippen LogP contribution < -0.4 is 5.32 Å². The number of allylic oxidation sites excluding steroid dienone is 1. The molecule has 0 saturated carbocycles. The van der Waals surface area contributed by atoms with Gasteiger partial charge in [0.1, 0.15) is 5.82 Å². The van der Waals surface area contributed by atoms with Gasteiger partial charge in [0.15, 0.2) is 0 Å². The third kappa shape index (κ3) is 3.16. The second kappa shape index (κ2) is 5.60. The van der Waals surface area contributed by atoms with E-state index in [1.165, 1.54) is 31.4 Å². The minimum atomic E-state index is -0.201. The Labute approximate surface area is 104 Å². The summed E-state index contributed by atoms with van der Waals surface area (Å²) in [6.07, 6.45) is 8.08. The van der Waals surface area contributed by atoms with Gasteiger partial charge in [-0.05, 0) is 37.0 Å². The predicted octanol–water partition coefficient (Wildman–Crippen LogP) is 3.79. The maximum absolute atomic E-state index is 12.9. The van der Waals surface area contributed by atoms with Gasteiger partial charge < -0.3 is 5.32 Å². The van der Waals surface area contributed by atoms with Gasteiger partial charge in [0.05, 0.1) is 0 Å². The summed E-state index contributed by atoms with van der Waals surface area (Å²) in [6, 6.07) is 5.29. The van der Waals surface area contributed by atoms with Crippen molar-refractivity contribution in [1.82, 2.24) is 5.32 Å². The van der Waals surface area contributed by atoms with Crippen LogP contribution in [0.2, 0.25) is 0 Å². The van der Waals surface area contributed by atoms with Crippen LogP contribution in [-0.4, -0.2) is 6.04 Å². The van der Waals surface area contributed by atoms with Crippen LogP contribution in [0.1, 0.15) is 24.8 Å². The molecular weight excluding hydrogens is 269 g/mol. The Morgan fingerprint density at radius 2 is 2.31 bits per heavy atom. The number of rotatable bonds is 3. The molecule has 1 aromatic rings. The lowest BCUT2D eigenvalue weighted by Crippen LogP contribution is -2.27. The van der Waals surface area contributed by atoms with Crippen molar-refractivity contribution >= 4 is 15.9 Å². The van der Waals surface area contributed by atoms with Gasteiger partial charge in [-0.15, -0.1) is 0 Å². The molecule has 1 aliphatic rings. The molecule has 2 rings (SSSR count). The van der Waals surface area contributed by atoms with Crippen LogP contribution >= 0.6 is 15.9 Å². The molecule has 86 valence electrons. The fraction of sp³-hybridized carbons (Fsp3) is 0.385. The zero-order valence-corrected chi connectivity index (χ0v) is 10.6. The van der Waals surface area contributed by atoms with E-state index in [-0.39, 0.29) is 5.82 Å². The van der Waals surface area contributed by atoms with Gasteiger partial charge in [0.25, 0.3) is 0 Å². The maximum Gasteiger partial charge on any atom is 0.124 e. The van der Waals surface area contributed by atoms with Crippen LogP contribution in [0.4, 0.5) is 4.39 Å². The number of hydrogen-bond acceptors (Lipinski definition) is 1. The summed E-state index contributed by atoms with van der Waals surface area (Å²) in [4.78, 5) is 0. The molecule has 0 saturated heterocycles. The first-order valence-corrected chi connectivity index (χ1v) is 6.39. The van der Waals surface area contributed by atoms with E-state index < -0.39 is 0 Å². The lowest BCUT2D eigenvalue weighted by atomic mass is 10.0. The van der Waals surface area contributed by atoms with Gasteiger partial charge in [-0.2, -0.15) is 0 Å². The average Bonchev–Trinajstić information content (AvgIpc) is 2.29. The Balaban J connectivity index is 1.93. The molecule has 1 nitrogen and oxygen atoms in total. The highest BCUT2D eigenvalue weighted by molar-refractivity contribution is 9.10. The smallest absolute Gasteiger partial charge is 0.124 e. The molecule has 1 aromatic carbocycles. The third-order valence-corrected chi connectivity index (χ3v) is 3.56. The second-order valence-corrected chi connectivity index (χ2v) is 4.94. The van der Waals surface area contributed by atoms with Crippen LogP contribution in [0.25, 0.3) is 0 Å². The average molecular weight is 284 g/mol. The predicted molar refractivity (Wildman–Crippen MR) is 67.7 cm³/mol. The summed E-state index contributed by atoms with van der Waals surface area (Å²) in [5.41, 5.74) is 1.10. The first-order valence-electron chi connectivity index (χ1n) is 5.59. The van der Waals surface area contributed by atoms with Crippen LogP contribution in [0.5, 0.6) is 0 Å². The highest BCUT2D eigenvalue weighted by Gasteiger charge is 2.08. The fourth-order valence-corrected chi connectivity index (χ4v) is 2.38. The van der Waals surface area contributed by atoms with E-state index in [1.54, 1.807) is 0 Å². The van der Waals surface area contributed by atoms with Crippen LogP contribution in [0, 0.1) is 5.82 Å². The number of nitrogens with one attached hydrogen (secondary N) is 1. The molecular formula is C13H15BrFN. The maximum atomic E-state index is 12.9. The molecule has 0 spiro atoms. The van der Waals surface area contributed by atoms with Crippen molar-refractivity contribution in [1.29, 1.82) is 0 Å². The van der Waals surface area contributed by atoms with Crippen molar-refractivity contribution in [2.45, 2.75) is 31.8 Å². The molecule has 0 aromatic heterocycles. The molecule has 1 unspecified atom stereocenters. The Bertz CT molecular complexity index is 390. The van der Waals surface area contributed by atoms with E-state index in [9.17, 15) is 4.39 Å². The molecule has 0 amide bonds. The van der Waals surface area contributed by atoms with Crippen molar-refractivity contribution < 1.29 is 4.39 Å². The standard InChI is InChI=1S/C13H15BrFN/c14-13-8-11(15)7-6-10(13)9-16-12-4-2-1-3-5-12/h2,4,6-8,12,16H,1,3,5,9H2. The molecule has 0 heterocycles. The summed E-state index contributed by atoms with van der Waals surface area (Å²) in [6.45, 7) is 0.774. The Hall–Kier alpha value is -0.670. The molecule has 0 bridgehead atoms. The normalized spacial score (nSPS) is 20.0. The zero-order valence-electron chi connectivity index (χ0n) is 9.05. The highest BCUT2D eigenvalue weighted by atomic mass is 79.9. The number of hydrogen-bond donors (Lipinski definition) is 1. The van der Waals surface area contributed by atoms with Gasteiger partial charge in [-0.25, -0.2) is 4.39 Å². The fourth-order valence-electron chi connectivity index (χ4n) is 1.89. The minimum Gasteiger partial charge on any atom is -0.306 e. The van der Waals surface area contributed by atoms with E-state index >= 15 is 0 Å². The van der Waals surface area contributed by atoms with E-state index in [0.29, 0.717) is 6.04 Å². The molecule has 0 radical (unpaired) electrons. The van der Waals surface area contributed by atoms with Crippen LogP contribution in [0.3, 0.4) is 0 Å². The SMILES string of the molecule is Fc1ccc(CNC2C=CCCC2)c(Br)c1. The summed E-state index contributed by atoms with van der Waals surface area (Å²) >= 11 is 3.37. The van der Waals surface area contributed by atoms with Gasteiger partial charge in [-0.3, -0.25) is 0 Å². The monoisotopic (exact) mass is 283 g/mol. The van der Waals surface area contributed by atoms with Crippen LogP contribution in [-0.2, 0) is 6.54 Å². The van der Waals surface area contributed by atoms with Crippen molar-refractivity contribution in [2.24, 2.45) is 0 Å². The largest absolute Gasteiger partial charge is 0.306 e. The van der Waals surface area contributed by atoms with Crippen molar-refractivity contribution in [3.8, 4) is 0 Å². The molecule has 1 atom stereocenters. The van der Waals surface area contributed by atoms with Crippen molar-refractivity contribution in [2.75, 3.05) is 0 Å². The van der Waals surface area contributed by atoms with E-state index in [4.69, 9.17) is 0 Å². The van der Waals surface area contributed by atoms with Gasteiger partial charge in [-0.1, -0.05) is 34.1 Å². The summed E-state index contributed by atoms with van der Waals surface area (Å²) in [5, 5.41) is 3.46. The van der Waals surface area contributed by atoms with E-state index in [2.05, 4.69) is 33.4 Å². The molecule has 1 N–H and O–H groups in total. The number of benzene rings is 1. The first kappa shape index (κ1) is 11.8. The Morgan fingerprint density at radius 3 is 3.00 bits per heavy atom. The molecule has 1 aliphatic carbocycles. The lowest BCUT2D eigenvalue weighted by Gasteiger charge is -2.18. The number of halogens is 2. The topological polar surface area (TPSA) is 12.0 Å². The summed E-state index contributed by atoms with van der Waals surface area (Å²) in [5.74, 6) is -0.201. The third-order valence-electron chi connectivity index (χ3n) is 2.82. The highest BCUT2D eigenvalue weighted by Crippen LogP contribution is 2.18. The van der Waals surface area contributed by atoms with E-state index in [1.807, 2.05) is 6.07 Å². The molecule has 3 heteroatoms. The molecule has 0 aliphatic heterocycles. The van der Waals surface area contributed by atoms with E-state index in [0.717, 1.165) is 16.6 Å². The summed E-state index contributed by atoms with van der Waals surface area (Å²) in [7, 11) is 0. The first-order chi connectivity index (χ1) is 7.75. The Kier molecular flexibility index (Phi) is 4.13. The zero-order chi connectivity index (χ0) is 11.4. The van der Waals surface area contributed by atoms with Crippen molar-refractivity contribution in [3.63, 3.8) is 0 Å². The van der Waals surface area contributed by atoms with Crippen molar-refractivity contribution in [3.05, 3.63) is 46.2 Å². The van der Waals surface area contributed by atoms with Gasteiger partial charge in [0, 0.05) is 17.1 Å². The lowest BCUT2D eigenvalue weighted by molar-refractivity contribution is 0.521. The molecule has 16 heavy (non-hydrogen) atoms. The summed E-state index contributed by atoms with van der Waals surface area (Å²) < 4.78 is 13.7. The van der Waals surface area contributed by atoms with Crippen LogP contribution in [0.15, 0.2) is 34.8 Å². The quantitative estimate of drug-likeness (QED) is 0.833. The minimum absolute atomic E-state index is 0.201.